The van der Waals surface area contributed by atoms with E-state index < -0.39 is 12.0 Å². The third-order valence-electron chi connectivity index (χ3n) is 4.77. The third-order valence-corrected chi connectivity index (χ3v) is 4.77. The lowest BCUT2D eigenvalue weighted by atomic mass is 10.0. The van der Waals surface area contributed by atoms with E-state index in [2.05, 4.69) is 5.32 Å². The summed E-state index contributed by atoms with van der Waals surface area (Å²) >= 11 is 0. The highest BCUT2D eigenvalue weighted by atomic mass is 16.5. The molecule has 0 bridgehead atoms. The number of nitrogens with one attached hydrogen (secondary N) is 1. The number of aliphatic carboxylic acids is 1. The van der Waals surface area contributed by atoms with Crippen LogP contribution in [0.4, 0.5) is 0 Å². The first-order valence-electron chi connectivity index (χ1n) is 8.26. The van der Waals surface area contributed by atoms with Crippen LogP contribution in [0, 0.1) is 5.41 Å². The number of nitrogens with zero attached hydrogens (tertiary/aromatic N) is 1. The van der Waals surface area contributed by atoms with E-state index in [0.717, 1.165) is 6.42 Å². The normalized spacial score (nSPS) is 27.7. The maximum absolute atomic E-state index is 12.3. The molecule has 2 rings (SSSR count). The topological polar surface area (TPSA) is 105 Å². The number of hydrogen-bond acceptors (Lipinski definition) is 5. The monoisotopic (exact) mass is 342 g/mol. The van der Waals surface area contributed by atoms with Gasteiger partial charge < -0.3 is 24.8 Å². The van der Waals surface area contributed by atoms with Crippen LogP contribution in [0.1, 0.15) is 32.6 Å². The minimum absolute atomic E-state index is 0.00260. The molecule has 0 spiro atoms. The molecule has 1 saturated heterocycles. The van der Waals surface area contributed by atoms with E-state index >= 15 is 0 Å². The van der Waals surface area contributed by atoms with E-state index in [4.69, 9.17) is 9.47 Å². The number of rotatable bonds is 10. The van der Waals surface area contributed by atoms with Crippen molar-refractivity contribution >= 4 is 17.8 Å². The Morgan fingerprint density at radius 2 is 2.00 bits per heavy atom. The van der Waals surface area contributed by atoms with Crippen molar-refractivity contribution in [1.82, 2.24) is 10.2 Å². The van der Waals surface area contributed by atoms with Crippen molar-refractivity contribution < 1.29 is 29.0 Å². The number of piperidine rings is 1. The molecule has 1 aliphatic carbocycles. The van der Waals surface area contributed by atoms with E-state index in [1.165, 1.54) is 4.90 Å². The fourth-order valence-corrected chi connectivity index (χ4v) is 3.28. The number of likely N-dealkylation sites (tertiary alicyclic amines) is 1. The fraction of sp³-hybridized carbons (Fsp3) is 0.812. The number of hydrogen-bond donors (Lipinski definition) is 2. The standard InChI is InChI=1S/C16H26N2O6/c1-16-8-11(15(21)22)18(12(16)9-16)14(20)10-17-13(19)4-3-5-24-7-6-23-2/h11-12H,3-10H2,1-2H3,(H,17,19)(H,21,22)/t11-,12-,16+/m0/s1. The second kappa shape index (κ2) is 7.94. The fourth-order valence-electron chi connectivity index (χ4n) is 3.28. The van der Waals surface area contributed by atoms with Gasteiger partial charge in [0, 0.05) is 26.2 Å². The van der Waals surface area contributed by atoms with Crippen molar-refractivity contribution in [3.63, 3.8) is 0 Å². The van der Waals surface area contributed by atoms with Crippen LogP contribution in [0.5, 0.6) is 0 Å². The third kappa shape index (κ3) is 4.45. The molecular weight excluding hydrogens is 316 g/mol. The summed E-state index contributed by atoms with van der Waals surface area (Å²) in [5.41, 5.74) is -0.0672. The zero-order valence-electron chi connectivity index (χ0n) is 14.2. The number of carboxylic acids is 1. The van der Waals surface area contributed by atoms with Crippen LogP contribution in [0.2, 0.25) is 0 Å². The zero-order chi connectivity index (χ0) is 17.7. The molecule has 3 atom stereocenters. The van der Waals surface area contributed by atoms with Gasteiger partial charge in [-0.15, -0.1) is 0 Å². The summed E-state index contributed by atoms with van der Waals surface area (Å²) in [6.45, 7) is 3.31. The van der Waals surface area contributed by atoms with Crippen LogP contribution in [-0.4, -0.2) is 73.3 Å². The average molecular weight is 342 g/mol. The summed E-state index contributed by atoms with van der Waals surface area (Å²) in [7, 11) is 1.59. The highest BCUT2D eigenvalue weighted by Gasteiger charge is 2.64. The van der Waals surface area contributed by atoms with Crippen molar-refractivity contribution in [2.75, 3.05) is 33.5 Å². The lowest BCUT2D eigenvalue weighted by molar-refractivity contribution is -0.149. The molecule has 1 aliphatic heterocycles. The van der Waals surface area contributed by atoms with Crippen LogP contribution >= 0.6 is 0 Å². The molecule has 2 N–H and O–H groups in total. The van der Waals surface area contributed by atoms with Crippen molar-refractivity contribution in [2.24, 2.45) is 5.41 Å². The number of fused-ring (bicyclic) bond motifs is 1. The van der Waals surface area contributed by atoms with Crippen LogP contribution in [0.3, 0.4) is 0 Å². The number of ether oxygens (including phenoxy) is 2. The summed E-state index contributed by atoms with van der Waals surface area (Å²) in [4.78, 5) is 36.8. The van der Waals surface area contributed by atoms with Crippen LogP contribution in [0.25, 0.3) is 0 Å². The number of amides is 2. The first kappa shape index (κ1) is 18.7. The second-order valence-corrected chi connectivity index (χ2v) is 6.72. The highest BCUT2D eigenvalue weighted by molar-refractivity contribution is 5.89. The molecule has 136 valence electrons. The molecule has 0 aromatic heterocycles. The van der Waals surface area contributed by atoms with Gasteiger partial charge in [0.15, 0.2) is 0 Å². The average Bonchev–Trinajstić information content (AvgIpc) is 3.09. The molecular formula is C16H26N2O6. The summed E-state index contributed by atoms with van der Waals surface area (Å²) < 4.78 is 10.1. The summed E-state index contributed by atoms with van der Waals surface area (Å²) in [5.74, 6) is -1.53. The minimum Gasteiger partial charge on any atom is -0.480 e. The second-order valence-electron chi connectivity index (χ2n) is 6.72. The molecule has 8 nitrogen and oxygen atoms in total. The Labute approximate surface area is 141 Å². The van der Waals surface area contributed by atoms with Crippen LogP contribution in [0.15, 0.2) is 0 Å². The number of carbonyl (C=O) groups excluding carboxylic acids is 2. The van der Waals surface area contributed by atoms with Gasteiger partial charge >= 0.3 is 5.97 Å². The first-order valence-corrected chi connectivity index (χ1v) is 8.26. The van der Waals surface area contributed by atoms with E-state index in [1.54, 1.807) is 7.11 Å². The van der Waals surface area contributed by atoms with Crippen LogP contribution in [-0.2, 0) is 23.9 Å². The van der Waals surface area contributed by atoms with Gasteiger partial charge in [0.25, 0.3) is 0 Å². The molecule has 2 fully saturated rings. The molecule has 1 saturated carbocycles. The molecule has 0 radical (unpaired) electrons. The van der Waals surface area contributed by atoms with Crippen molar-refractivity contribution in [3.8, 4) is 0 Å². The molecule has 24 heavy (non-hydrogen) atoms. The van der Waals surface area contributed by atoms with Gasteiger partial charge in [-0.3, -0.25) is 9.59 Å². The van der Waals surface area contributed by atoms with E-state index in [-0.39, 0.29) is 36.2 Å². The lowest BCUT2D eigenvalue weighted by Crippen LogP contribution is -2.47. The summed E-state index contributed by atoms with van der Waals surface area (Å²) in [6.07, 6.45) is 2.16. The van der Waals surface area contributed by atoms with Gasteiger partial charge in [0.1, 0.15) is 6.04 Å². The Bertz CT molecular complexity index is 497. The van der Waals surface area contributed by atoms with Gasteiger partial charge in [0.05, 0.1) is 19.8 Å². The minimum atomic E-state index is -0.976. The smallest absolute Gasteiger partial charge is 0.326 e. The molecule has 8 heteroatoms. The van der Waals surface area contributed by atoms with Crippen molar-refractivity contribution in [2.45, 2.75) is 44.7 Å². The predicted octanol–water partition coefficient (Wildman–Crippen LogP) is 0.00990. The van der Waals surface area contributed by atoms with Crippen molar-refractivity contribution in [1.29, 1.82) is 0 Å². The zero-order valence-corrected chi connectivity index (χ0v) is 14.2. The van der Waals surface area contributed by atoms with Gasteiger partial charge in [-0.05, 0) is 24.7 Å². The Morgan fingerprint density at radius 1 is 1.25 bits per heavy atom. The van der Waals surface area contributed by atoms with E-state index in [1.807, 2.05) is 6.92 Å². The molecule has 0 aromatic carbocycles. The number of carbonyl (C=O) groups is 3. The Morgan fingerprint density at radius 3 is 2.67 bits per heavy atom. The molecule has 2 amide bonds. The summed E-state index contributed by atoms with van der Waals surface area (Å²) in [5, 5.41) is 11.8. The summed E-state index contributed by atoms with van der Waals surface area (Å²) in [6, 6.07) is -0.774. The predicted molar refractivity (Wildman–Crippen MR) is 84.3 cm³/mol. The molecule has 0 aromatic rings. The van der Waals surface area contributed by atoms with E-state index in [9.17, 15) is 19.5 Å². The number of carboxylic acid groups (broad SMARTS) is 1. The number of methoxy groups -OCH3 is 1. The van der Waals surface area contributed by atoms with E-state index in [0.29, 0.717) is 32.7 Å². The Balaban J connectivity index is 1.67. The van der Waals surface area contributed by atoms with Crippen molar-refractivity contribution in [3.05, 3.63) is 0 Å². The highest BCUT2D eigenvalue weighted by Crippen LogP contribution is 2.59. The Hall–Kier alpha value is -1.67. The van der Waals surface area contributed by atoms with Gasteiger partial charge in [-0.25, -0.2) is 4.79 Å². The largest absolute Gasteiger partial charge is 0.480 e. The van der Waals surface area contributed by atoms with Gasteiger partial charge in [-0.2, -0.15) is 0 Å². The van der Waals surface area contributed by atoms with Gasteiger partial charge in [0.2, 0.25) is 11.8 Å². The Kier molecular flexibility index (Phi) is 6.17. The molecule has 1 heterocycles. The SMILES string of the molecule is COCCOCCCC(=O)NCC(=O)N1[C@H]2C[C@@]2(C)C[C@H]1C(=O)O. The quantitative estimate of drug-likeness (QED) is 0.542. The first-order chi connectivity index (χ1) is 11.4. The molecule has 0 unspecified atom stereocenters. The molecule has 2 aliphatic rings. The van der Waals surface area contributed by atoms with Gasteiger partial charge in [-0.1, -0.05) is 6.92 Å². The lowest BCUT2D eigenvalue weighted by Gasteiger charge is -2.24. The maximum Gasteiger partial charge on any atom is 0.326 e. The van der Waals surface area contributed by atoms with Crippen LogP contribution < -0.4 is 5.32 Å². The maximum atomic E-state index is 12.3.